The summed E-state index contributed by atoms with van der Waals surface area (Å²) in [6, 6.07) is 6.73. The van der Waals surface area contributed by atoms with Crippen molar-refractivity contribution >= 4 is 11.6 Å². The number of carbonyl (C=O) groups is 1. The maximum Gasteiger partial charge on any atom is 0.256 e. The molecule has 0 saturated heterocycles. The zero-order chi connectivity index (χ0) is 12.0. The average molecular weight is 224 g/mol. The minimum absolute atomic E-state index is 0.140. The summed E-state index contributed by atoms with van der Waals surface area (Å²) in [6.45, 7) is 0.0956. The van der Waals surface area contributed by atoms with Crippen LogP contribution in [0.5, 0.6) is 0 Å². The molecule has 4 N–H and O–H groups in total. The van der Waals surface area contributed by atoms with Gasteiger partial charge < -0.3 is 20.8 Å². The number of aliphatic hydroxyl groups is 2. The molecule has 0 unspecified atom stereocenters. The lowest BCUT2D eigenvalue weighted by atomic mass is 10.1. The highest BCUT2D eigenvalue weighted by atomic mass is 16.3. The van der Waals surface area contributed by atoms with Crippen LogP contribution in [0.3, 0.4) is 0 Å². The van der Waals surface area contributed by atoms with E-state index in [0.29, 0.717) is 11.3 Å². The Bertz CT molecular complexity index is 349. The number of aliphatic hydroxyl groups excluding tert-OH is 2. The van der Waals surface area contributed by atoms with Crippen molar-refractivity contribution in [2.45, 2.75) is 0 Å². The number of benzene rings is 1. The number of amides is 1. The van der Waals surface area contributed by atoms with E-state index in [1.54, 1.807) is 24.3 Å². The third kappa shape index (κ3) is 2.95. The standard InChI is InChI=1S/C11H16N2O3/c12-10-4-2-1-3-9(10)11(16)13(5-7-14)6-8-15/h1-4,14-15H,5-8,12H2. The van der Waals surface area contributed by atoms with Gasteiger partial charge in [0.25, 0.3) is 5.91 Å². The molecular formula is C11H16N2O3. The minimum atomic E-state index is -0.277. The van der Waals surface area contributed by atoms with Crippen LogP contribution in [0.1, 0.15) is 10.4 Å². The van der Waals surface area contributed by atoms with Crippen molar-refractivity contribution in [2.24, 2.45) is 0 Å². The maximum absolute atomic E-state index is 12.0. The quantitative estimate of drug-likeness (QED) is 0.599. The minimum Gasteiger partial charge on any atom is -0.398 e. The highest BCUT2D eigenvalue weighted by Gasteiger charge is 2.16. The van der Waals surface area contributed by atoms with Crippen LogP contribution in [0.25, 0.3) is 0 Å². The Morgan fingerprint density at radius 3 is 2.25 bits per heavy atom. The van der Waals surface area contributed by atoms with Gasteiger partial charge in [0, 0.05) is 18.8 Å². The van der Waals surface area contributed by atoms with Crippen molar-refractivity contribution in [3.8, 4) is 0 Å². The summed E-state index contributed by atoms with van der Waals surface area (Å²) in [4.78, 5) is 13.3. The van der Waals surface area contributed by atoms with Gasteiger partial charge in [-0.15, -0.1) is 0 Å². The maximum atomic E-state index is 12.0. The lowest BCUT2D eigenvalue weighted by Crippen LogP contribution is -2.36. The molecule has 1 aromatic rings. The van der Waals surface area contributed by atoms with E-state index in [1.165, 1.54) is 4.90 Å². The molecule has 5 nitrogen and oxygen atoms in total. The molecule has 0 heterocycles. The fraction of sp³-hybridized carbons (Fsp3) is 0.364. The smallest absolute Gasteiger partial charge is 0.256 e. The van der Waals surface area contributed by atoms with Gasteiger partial charge in [-0.3, -0.25) is 4.79 Å². The second kappa shape index (κ2) is 6.09. The van der Waals surface area contributed by atoms with Gasteiger partial charge in [0.05, 0.1) is 18.8 Å². The summed E-state index contributed by atoms with van der Waals surface area (Å²) >= 11 is 0. The van der Waals surface area contributed by atoms with Crippen LogP contribution in [0, 0.1) is 0 Å². The molecular weight excluding hydrogens is 208 g/mol. The van der Waals surface area contributed by atoms with E-state index in [9.17, 15) is 4.79 Å². The van der Waals surface area contributed by atoms with Gasteiger partial charge in [0.15, 0.2) is 0 Å². The van der Waals surface area contributed by atoms with E-state index in [1.807, 2.05) is 0 Å². The van der Waals surface area contributed by atoms with E-state index >= 15 is 0 Å². The third-order valence-electron chi connectivity index (χ3n) is 2.22. The lowest BCUT2D eigenvalue weighted by molar-refractivity contribution is 0.0686. The van der Waals surface area contributed by atoms with Gasteiger partial charge in [0.1, 0.15) is 0 Å². The Balaban J connectivity index is 2.85. The summed E-state index contributed by atoms with van der Waals surface area (Å²) in [5, 5.41) is 17.6. The first kappa shape index (κ1) is 12.5. The number of hydrogen-bond donors (Lipinski definition) is 3. The van der Waals surface area contributed by atoms with Crippen LogP contribution in [0.4, 0.5) is 5.69 Å². The fourth-order valence-corrected chi connectivity index (χ4v) is 1.42. The van der Waals surface area contributed by atoms with Crippen molar-refractivity contribution < 1.29 is 15.0 Å². The molecule has 5 heteroatoms. The summed E-state index contributed by atoms with van der Waals surface area (Å²) in [5.41, 5.74) is 6.47. The number of anilines is 1. The highest BCUT2D eigenvalue weighted by molar-refractivity contribution is 5.99. The third-order valence-corrected chi connectivity index (χ3v) is 2.22. The van der Waals surface area contributed by atoms with Crippen molar-refractivity contribution in [1.82, 2.24) is 4.90 Å². The number of hydrogen-bond acceptors (Lipinski definition) is 4. The van der Waals surface area contributed by atoms with Crippen molar-refractivity contribution in [1.29, 1.82) is 0 Å². The molecule has 0 bridgehead atoms. The summed E-state index contributed by atoms with van der Waals surface area (Å²) in [7, 11) is 0. The number of para-hydroxylation sites is 1. The molecule has 0 atom stereocenters. The van der Waals surface area contributed by atoms with Crippen LogP contribution in [-0.2, 0) is 0 Å². The van der Waals surface area contributed by atoms with Crippen LogP contribution in [0.2, 0.25) is 0 Å². The molecule has 88 valence electrons. The van der Waals surface area contributed by atoms with Gasteiger partial charge in [0.2, 0.25) is 0 Å². The molecule has 16 heavy (non-hydrogen) atoms. The molecule has 0 spiro atoms. The van der Waals surface area contributed by atoms with E-state index < -0.39 is 0 Å². The van der Waals surface area contributed by atoms with Gasteiger partial charge in [-0.25, -0.2) is 0 Å². The first-order chi connectivity index (χ1) is 7.70. The van der Waals surface area contributed by atoms with Crippen molar-refractivity contribution in [2.75, 3.05) is 32.0 Å². The number of nitrogen functional groups attached to an aromatic ring is 1. The Morgan fingerprint density at radius 2 is 1.75 bits per heavy atom. The first-order valence-electron chi connectivity index (χ1n) is 5.06. The van der Waals surface area contributed by atoms with E-state index in [2.05, 4.69) is 0 Å². The molecule has 1 rings (SSSR count). The largest absolute Gasteiger partial charge is 0.398 e. The molecule has 0 aliphatic carbocycles. The SMILES string of the molecule is Nc1ccccc1C(=O)N(CCO)CCO. The van der Waals surface area contributed by atoms with Gasteiger partial charge >= 0.3 is 0 Å². The molecule has 0 aliphatic heterocycles. The Labute approximate surface area is 94.1 Å². The molecule has 1 aromatic carbocycles. The lowest BCUT2D eigenvalue weighted by Gasteiger charge is -2.21. The van der Waals surface area contributed by atoms with E-state index in [0.717, 1.165) is 0 Å². The van der Waals surface area contributed by atoms with E-state index in [4.69, 9.17) is 15.9 Å². The Kier molecular flexibility index (Phi) is 4.75. The zero-order valence-electron chi connectivity index (χ0n) is 8.97. The zero-order valence-corrected chi connectivity index (χ0v) is 8.97. The topological polar surface area (TPSA) is 86.8 Å². The predicted molar refractivity (Wildman–Crippen MR) is 60.9 cm³/mol. The number of carbonyl (C=O) groups excluding carboxylic acids is 1. The van der Waals surface area contributed by atoms with Gasteiger partial charge in [-0.2, -0.15) is 0 Å². The van der Waals surface area contributed by atoms with E-state index in [-0.39, 0.29) is 32.2 Å². The van der Waals surface area contributed by atoms with Crippen molar-refractivity contribution in [3.05, 3.63) is 29.8 Å². The van der Waals surface area contributed by atoms with Crippen LogP contribution in [0.15, 0.2) is 24.3 Å². The van der Waals surface area contributed by atoms with Crippen molar-refractivity contribution in [3.63, 3.8) is 0 Å². The van der Waals surface area contributed by atoms with Crippen LogP contribution in [-0.4, -0.2) is 47.3 Å². The van der Waals surface area contributed by atoms with Crippen LogP contribution >= 0.6 is 0 Å². The molecule has 1 amide bonds. The highest BCUT2D eigenvalue weighted by Crippen LogP contribution is 2.13. The van der Waals surface area contributed by atoms with Crippen LogP contribution < -0.4 is 5.73 Å². The second-order valence-electron chi connectivity index (χ2n) is 3.33. The second-order valence-corrected chi connectivity index (χ2v) is 3.33. The molecule has 0 fully saturated rings. The fourth-order valence-electron chi connectivity index (χ4n) is 1.42. The van der Waals surface area contributed by atoms with Gasteiger partial charge in [-0.05, 0) is 12.1 Å². The number of nitrogens with two attached hydrogens (primary N) is 1. The van der Waals surface area contributed by atoms with Gasteiger partial charge in [-0.1, -0.05) is 12.1 Å². The Hall–Kier alpha value is -1.59. The normalized spacial score (nSPS) is 10.1. The monoisotopic (exact) mass is 224 g/mol. The molecule has 0 radical (unpaired) electrons. The Morgan fingerprint density at radius 1 is 1.19 bits per heavy atom. The number of rotatable bonds is 5. The predicted octanol–water partition coefficient (Wildman–Crippen LogP) is -0.304. The molecule has 0 aromatic heterocycles. The average Bonchev–Trinajstić information content (AvgIpc) is 2.28. The first-order valence-corrected chi connectivity index (χ1v) is 5.06. The molecule has 0 saturated carbocycles. The number of nitrogens with zero attached hydrogens (tertiary/aromatic N) is 1. The summed E-state index contributed by atoms with van der Waals surface area (Å²) in [5.74, 6) is -0.277. The summed E-state index contributed by atoms with van der Waals surface area (Å²) in [6.07, 6.45) is 0. The summed E-state index contributed by atoms with van der Waals surface area (Å²) < 4.78 is 0. The molecule has 0 aliphatic rings.